The molecule has 0 heterocycles. The smallest absolute Gasteiger partial charge is 0.242 e. The van der Waals surface area contributed by atoms with Crippen LogP contribution in [0.25, 0.3) is 0 Å². The van der Waals surface area contributed by atoms with Gasteiger partial charge in [-0.1, -0.05) is 30.3 Å². The number of rotatable bonds is 6. The third-order valence-electron chi connectivity index (χ3n) is 2.19. The molecule has 4 nitrogen and oxygen atoms in total. The van der Waals surface area contributed by atoms with Crippen molar-refractivity contribution in [1.82, 2.24) is 5.32 Å². The summed E-state index contributed by atoms with van der Waals surface area (Å²) in [6, 6.07) is 9.05. The number of carbonyl (C=O) groups excluding carboxylic acids is 1. The third kappa shape index (κ3) is 4.73. The summed E-state index contributed by atoms with van der Waals surface area (Å²) in [6.07, 6.45) is -0.719. The van der Waals surface area contributed by atoms with Crippen molar-refractivity contribution < 1.29 is 14.6 Å². The van der Waals surface area contributed by atoms with E-state index in [9.17, 15) is 9.90 Å². The molecule has 0 radical (unpaired) electrons. The average Bonchev–Trinajstić information content (AvgIpc) is 2.36. The number of aliphatic hydroxyl groups is 1. The van der Waals surface area contributed by atoms with E-state index in [1.54, 1.807) is 12.1 Å². The van der Waals surface area contributed by atoms with Gasteiger partial charge in [-0.2, -0.15) is 0 Å². The summed E-state index contributed by atoms with van der Waals surface area (Å²) in [6.45, 7) is 0.307. The Morgan fingerprint density at radius 3 is 2.71 bits per heavy atom. The molecule has 0 aliphatic heterocycles. The van der Waals surface area contributed by atoms with E-state index in [1.165, 1.54) is 7.11 Å². The van der Waals surface area contributed by atoms with E-state index in [0.29, 0.717) is 0 Å². The predicted molar refractivity (Wildman–Crippen MR) is 65.9 cm³/mol. The van der Waals surface area contributed by atoms with Crippen LogP contribution < -0.4 is 5.32 Å². The molecule has 5 heteroatoms. The Kier molecular flexibility index (Phi) is 5.97. The van der Waals surface area contributed by atoms with E-state index >= 15 is 0 Å². The van der Waals surface area contributed by atoms with E-state index in [4.69, 9.17) is 16.3 Å². The number of ether oxygens (including phenoxy) is 1. The number of methoxy groups -OCH3 is 1. The fraction of sp³-hybridized carbons (Fsp3) is 0.417. The molecule has 17 heavy (non-hydrogen) atoms. The molecule has 1 aromatic carbocycles. The van der Waals surface area contributed by atoms with Crippen LogP contribution in [0.4, 0.5) is 0 Å². The van der Waals surface area contributed by atoms with E-state index in [1.807, 2.05) is 18.2 Å². The van der Waals surface area contributed by atoms with Crippen LogP contribution in [0.3, 0.4) is 0 Å². The van der Waals surface area contributed by atoms with Gasteiger partial charge < -0.3 is 15.2 Å². The van der Waals surface area contributed by atoms with Crippen LogP contribution in [-0.4, -0.2) is 37.4 Å². The molecule has 0 saturated heterocycles. The maximum Gasteiger partial charge on any atom is 0.242 e. The molecule has 94 valence electrons. The normalized spacial score (nSPS) is 14.1. The first kappa shape index (κ1) is 14.0. The zero-order valence-corrected chi connectivity index (χ0v) is 10.4. The quantitative estimate of drug-likeness (QED) is 0.750. The van der Waals surface area contributed by atoms with Crippen LogP contribution in [-0.2, 0) is 9.53 Å². The van der Waals surface area contributed by atoms with Crippen LogP contribution in [0.15, 0.2) is 30.3 Å². The highest BCUT2D eigenvalue weighted by molar-refractivity contribution is 6.30. The summed E-state index contributed by atoms with van der Waals surface area (Å²) in [5.41, 5.74) is 0.730. The number of nitrogens with one attached hydrogen (secondary N) is 1. The van der Waals surface area contributed by atoms with Gasteiger partial charge in [0.25, 0.3) is 0 Å². The molecule has 1 rings (SSSR count). The molecule has 0 aromatic heterocycles. The molecule has 2 atom stereocenters. The standard InChI is InChI=1S/C12H16ClNO3/c1-17-8-10(15)7-14-12(16)11(13)9-5-3-2-4-6-9/h2-6,10-11,15H,7-8H2,1H3,(H,14,16). The van der Waals surface area contributed by atoms with E-state index in [2.05, 4.69) is 5.32 Å². The van der Waals surface area contributed by atoms with Crippen molar-refractivity contribution in [1.29, 1.82) is 0 Å². The van der Waals surface area contributed by atoms with Crippen LogP contribution >= 0.6 is 11.6 Å². The number of carbonyl (C=O) groups is 1. The van der Waals surface area contributed by atoms with Gasteiger partial charge in [-0.15, -0.1) is 11.6 Å². The second kappa shape index (κ2) is 7.27. The van der Waals surface area contributed by atoms with Crippen molar-refractivity contribution in [2.24, 2.45) is 0 Å². The van der Waals surface area contributed by atoms with E-state index < -0.39 is 11.5 Å². The highest BCUT2D eigenvalue weighted by atomic mass is 35.5. The van der Waals surface area contributed by atoms with Gasteiger partial charge in [-0.05, 0) is 5.56 Å². The largest absolute Gasteiger partial charge is 0.389 e. The molecular weight excluding hydrogens is 242 g/mol. The Bertz CT molecular complexity index is 345. The molecule has 1 amide bonds. The van der Waals surface area contributed by atoms with Crippen LogP contribution in [0.5, 0.6) is 0 Å². The molecule has 2 unspecified atom stereocenters. The molecule has 0 aliphatic rings. The highest BCUT2D eigenvalue weighted by Crippen LogP contribution is 2.19. The molecule has 0 fully saturated rings. The van der Waals surface area contributed by atoms with E-state index in [-0.39, 0.29) is 19.1 Å². The first-order chi connectivity index (χ1) is 8.15. The zero-order valence-electron chi connectivity index (χ0n) is 9.60. The minimum Gasteiger partial charge on any atom is -0.389 e. The van der Waals surface area contributed by atoms with Gasteiger partial charge in [0.1, 0.15) is 5.38 Å². The number of aliphatic hydroxyl groups excluding tert-OH is 1. The van der Waals surface area contributed by atoms with E-state index in [0.717, 1.165) is 5.56 Å². The molecule has 0 aliphatic carbocycles. The number of alkyl halides is 1. The van der Waals surface area contributed by atoms with Crippen molar-refractivity contribution >= 4 is 17.5 Å². The molecule has 0 spiro atoms. The number of hydrogen-bond donors (Lipinski definition) is 2. The minimum absolute atomic E-state index is 0.128. The zero-order chi connectivity index (χ0) is 12.7. The van der Waals surface area contributed by atoms with Crippen LogP contribution in [0.2, 0.25) is 0 Å². The van der Waals surface area contributed by atoms with Gasteiger partial charge in [0.15, 0.2) is 0 Å². The summed E-state index contributed by atoms with van der Waals surface area (Å²) in [7, 11) is 1.49. The lowest BCUT2D eigenvalue weighted by Gasteiger charge is -2.13. The lowest BCUT2D eigenvalue weighted by Crippen LogP contribution is -2.36. The van der Waals surface area contributed by atoms with Gasteiger partial charge in [0.05, 0.1) is 12.7 Å². The lowest BCUT2D eigenvalue weighted by molar-refractivity contribution is -0.121. The number of benzene rings is 1. The number of halogens is 1. The maximum atomic E-state index is 11.7. The van der Waals surface area contributed by atoms with Crippen molar-refractivity contribution in [3.05, 3.63) is 35.9 Å². The first-order valence-corrected chi connectivity index (χ1v) is 5.72. The molecule has 0 bridgehead atoms. The molecule has 0 saturated carbocycles. The fourth-order valence-electron chi connectivity index (χ4n) is 1.33. The van der Waals surface area contributed by atoms with Gasteiger partial charge in [-0.25, -0.2) is 0 Å². The molecular formula is C12H16ClNO3. The second-order valence-electron chi connectivity index (χ2n) is 3.63. The van der Waals surface area contributed by atoms with Gasteiger partial charge in [0, 0.05) is 13.7 Å². The van der Waals surface area contributed by atoms with Crippen molar-refractivity contribution in [2.75, 3.05) is 20.3 Å². The Morgan fingerprint density at radius 2 is 2.12 bits per heavy atom. The third-order valence-corrected chi connectivity index (χ3v) is 2.64. The molecule has 2 N–H and O–H groups in total. The Balaban J connectivity index is 2.43. The predicted octanol–water partition coefficient (Wildman–Crippen LogP) is 1.09. The first-order valence-electron chi connectivity index (χ1n) is 5.29. The minimum atomic E-state index is -0.744. The van der Waals surface area contributed by atoms with Gasteiger partial charge in [-0.3, -0.25) is 4.79 Å². The topological polar surface area (TPSA) is 58.6 Å². The Labute approximate surface area is 106 Å². The molecule has 1 aromatic rings. The lowest BCUT2D eigenvalue weighted by atomic mass is 10.1. The van der Waals surface area contributed by atoms with Crippen molar-refractivity contribution in [3.8, 4) is 0 Å². The SMILES string of the molecule is COCC(O)CNC(=O)C(Cl)c1ccccc1. The Morgan fingerprint density at radius 1 is 1.47 bits per heavy atom. The van der Waals surface area contributed by atoms with Crippen LogP contribution in [0, 0.1) is 0 Å². The van der Waals surface area contributed by atoms with Crippen LogP contribution in [0.1, 0.15) is 10.9 Å². The summed E-state index contributed by atoms with van der Waals surface area (Å²) in [5.74, 6) is -0.326. The van der Waals surface area contributed by atoms with Gasteiger partial charge >= 0.3 is 0 Å². The summed E-state index contributed by atoms with van der Waals surface area (Å²) >= 11 is 5.99. The summed E-state index contributed by atoms with van der Waals surface area (Å²) < 4.78 is 4.75. The second-order valence-corrected chi connectivity index (χ2v) is 4.06. The number of amides is 1. The monoisotopic (exact) mass is 257 g/mol. The van der Waals surface area contributed by atoms with Crippen molar-refractivity contribution in [2.45, 2.75) is 11.5 Å². The highest BCUT2D eigenvalue weighted by Gasteiger charge is 2.17. The summed E-state index contributed by atoms with van der Waals surface area (Å²) in [4.78, 5) is 11.7. The maximum absolute atomic E-state index is 11.7. The van der Waals surface area contributed by atoms with Crippen molar-refractivity contribution in [3.63, 3.8) is 0 Å². The Hall–Kier alpha value is -1.10. The van der Waals surface area contributed by atoms with Gasteiger partial charge in [0.2, 0.25) is 5.91 Å². The average molecular weight is 258 g/mol. The summed E-state index contributed by atoms with van der Waals surface area (Å²) in [5, 5.41) is 11.2. The fourth-order valence-corrected chi connectivity index (χ4v) is 1.56. The number of hydrogen-bond acceptors (Lipinski definition) is 3.